The number of halogens is 5. The molecule has 0 radical (unpaired) electrons. The number of anilines is 2. The Balaban J connectivity index is 1.77. The Bertz CT molecular complexity index is 1260. The van der Waals surface area contributed by atoms with E-state index in [1.54, 1.807) is 0 Å². The molecule has 10 nitrogen and oxygen atoms in total. The van der Waals surface area contributed by atoms with Gasteiger partial charge in [0, 0.05) is 54.9 Å². The van der Waals surface area contributed by atoms with Gasteiger partial charge in [0.25, 0.3) is 5.92 Å². The number of hydrogen-bond acceptors (Lipinski definition) is 10. The first-order chi connectivity index (χ1) is 17.1. The van der Waals surface area contributed by atoms with Crippen LogP contribution in [0.25, 0.3) is 10.9 Å². The summed E-state index contributed by atoms with van der Waals surface area (Å²) in [7, 11) is -7.58. The normalized spacial score (nSPS) is 21.5. The van der Waals surface area contributed by atoms with E-state index >= 15 is 0 Å². The first-order valence-electron chi connectivity index (χ1n) is 11.1. The molecular weight excluding hydrogens is 551 g/mol. The van der Waals surface area contributed by atoms with Gasteiger partial charge in [0.15, 0.2) is 11.5 Å². The molecule has 3 heterocycles. The van der Waals surface area contributed by atoms with Gasteiger partial charge < -0.3 is 19.1 Å². The Kier molecular flexibility index (Phi) is 7.28. The second kappa shape index (κ2) is 9.74. The van der Waals surface area contributed by atoms with Gasteiger partial charge in [-0.1, -0.05) is 0 Å². The van der Waals surface area contributed by atoms with Crippen molar-refractivity contribution >= 4 is 43.4 Å². The number of benzene rings is 1. The van der Waals surface area contributed by atoms with E-state index in [9.17, 15) is 39.5 Å². The molecule has 0 atom stereocenters. The fourth-order valence-corrected chi connectivity index (χ4v) is 6.04. The van der Waals surface area contributed by atoms with Crippen molar-refractivity contribution in [3.8, 4) is 11.5 Å². The summed E-state index contributed by atoms with van der Waals surface area (Å²) in [5.41, 5.74) is -5.70. The Morgan fingerprint density at radius 2 is 1.73 bits per heavy atom. The fraction of sp³-hybridized carbons (Fsp3) is 0.600. The Labute approximate surface area is 210 Å². The highest BCUT2D eigenvalue weighted by Gasteiger charge is 2.49. The SMILES string of the molecule is COc1cc2c(NC3CCS(O)(O)CC3)nc(N3CCC(F)(F)CC3)nc2cc1OS(=O)(=O)C(F)(F)F. The van der Waals surface area contributed by atoms with Crippen LogP contribution in [0.5, 0.6) is 11.5 Å². The Morgan fingerprint density at radius 1 is 1.11 bits per heavy atom. The molecule has 0 saturated carbocycles. The molecule has 3 N–H and O–H groups in total. The molecule has 17 heteroatoms. The number of alkyl halides is 5. The molecule has 0 aliphatic carbocycles. The molecule has 2 aliphatic rings. The van der Waals surface area contributed by atoms with Gasteiger partial charge in [-0.3, -0.25) is 9.11 Å². The first kappa shape index (κ1) is 27.7. The van der Waals surface area contributed by atoms with Gasteiger partial charge in [0.2, 0.25) is 5.95 Å². The number of rotatable bonds is 6. The van der Waals surface area contributed by atoms with Crippen LogP contribution >= 0.6 is 10.6 Å². The Hall–Kier alpha value is -2.37. The number of nitrogens with zero attached hydrogens (tertiary/aromatic N) is 3. The van der Waals surface area contributed by atoms with Crippen LogP contribution in [0, 0.1) is 0 Å². The lowest BCUT2D eigenvalue weighted by Crippen LogP contribution is -2.40. The van der Waals surface area contributed by atoms with Crippen molar-refractivity contribution in [3.05, 3.63) is 12.1 Å². The number of ether oxygens (including phenoxy) is 1. The molecule has 2 saturated heterocycles. The number of methoxy groups -OCH3 is 1. The molecule has 4 rings (SSSR count). The zero-order valence-electron chi connectivity index (χ0n) is 19.5. The van der Waals surface area contributed by atoms with E-state index in [2.05, 4.69) is 19.5 Å². The highest BCUT2D eigenvalue weighted by molar-refractivity contribution is 8.24. The maximum atomic E-state index is 13.7. The van der Waals surface area contributed by atoms with E-state index < -0.39 is 50.7 Å². The quantitative estimate of drug-likeness (QED) is 0.258. The van der Waals surface area contributed by atoms with Gasteiger partial charge in [-0.25, -0.2) is 13.8 Å². The molecule has 2 aliphatic heterocycles. The van der Waals surface area contributed by atoms with E-state index in [4.69, 9.17) is 4.74 Å². The maximum Gasteiger partial charge on any atom is 0.534 e. The third kappa shape index (κ3) is 6.21. The predicted molar refractivity (Wildman–Crippen MR) is 127 cm³/mol. The maximum absolute atomic E-state index is 13.7. The van der Waals surface area contributed by atoms with Crippen LogP contribution < -0.4 is 19.1 Å². The van der Waals surface area contributed by atoms with E-state index in [0.717, 1.165) is 13.2 Å². The third-order valence-corrected chi connectivity index (χ3v) is 8.90. The highest BCUT2D eigenvalue weighted by atomic mass is 32.3. The van der Waals surface area contributed by atoms with Crippen molar-refractivity contribution in [1.29, 1.82) is 0 Å². The van der Waals surface area contributed by atoms with Crippen LogP contribution in [0.1, 0.15) is 25.7 Å². The standard InChI is InChI=1S/C20H25F5N4O6S2/c1-34-15-10-13-14(11-16(15)35-37(32,33)20(23,24)25)27-18(29-6-4-19(21,22)5-7-29)28-17(13)26-12-2-8-36(30,31)9-3-12/h10-12,30-31H,2-9H2,1H3,(H,26,27,28). The zero-order chi connectivity index (χ0) is 27.2. The second-order valence-electron chi connectivity index (χ2n) is 8.85. The number of piperidine rings is 1. The lowest BCUT2D eigenvalue weighted by Gasteiger charge is -2.39. The highest BCUT2D eigenvalue weighted by Crippen LogP contribution is 2.45. The topological polar surface area (TPSA) is 134 Å². The van der Waals surface area contributed by atoms with E-state index in [1.807, 2.05) is 0 Å². The minimum atomic E-state index is -6.02. The van der Waals surface area contributed by atoms with Gasteiger partial charge in [0.05, 0.1) is 12.6 Å². The summed E-state index contributed by atoms with van der Waals surface area (Å²) in [4.78, 5) is 10.3. The molecule has 0 bridgehead atoms. The van der Waals surface area contributed by atoms with Crippen LogP contribution in [0.4, 0.5) is 33.7 Å². The van der Waals surface area contributed by atoms with Crippen molar-refractivity contribution in [2.75, 3.05) is 41.9 Å². The molecule has 0 spiro atoms. The van der Waals surface area contributed by atoms with Crippen molar-refractivity contribution in [1.82, 2.24) is 9.97 Å². The molecule has 1 aromatic carbocycles. The van der Waals surface area contributed by atoms with Crippen molar-refractivity contribution in [3.63, 3.8) is 0 Å². The van der Waals surface area contributed by atoms with Crippen LogP contribution in [0.15, 0.2) is 12.1 Å². The van der Waals surface area contributed by atoms with Crippen LogP contribution in [-0.2, 0) is 10.1 Å². The lowest BCUT2D eigenvalue weighted by atomic mass is 10.1. The number of hydrogen-bond donors (Lipinski definition) is 3. The minimum Gasteiger partial charge on any atom is -0.493 e. The van der Waals surface area contributed by atoms with Gasteiger partial charge >= 0.3 is 15.6 Å². The zero-order valence-corrected chi connectivity index (χ0v) is 21.1. The number of fused-ring (bicyclic) bond motifs is 1. The summed E-state index contributed by atoms with van der Waals surface area (Å²) in [5, 5.41) is 3.42. The van der Waals surface area contributed by atoms with E-state index in [0.29, 0.717) is 12.8 Å². The molecule has 208 valence electrons. The van der Waals surface area contributed by atoms with Gasteiger partial charge in [-0.2, -0.15) is 37.2 Å². The minimum absolute atomic E-state index is 0.0143. The van der Waals surface area contributed by atoms with Crippen LogP contribution in [0.3, 0.4) is 0 Å². The lowest BCUT2D eigenvalue weighted by molar-refractivity contribution is -0.0500. The molecule has 0 unspecified atom stereocenters. The van der Waals surface area contributed by atoms with Gasteiger partial charge in [-0.15, -0.1) is 0 Å². The smallest absolute Gasteiger partial charge is 0.493 e. The molecular formula is C20H25F5N4O6S2. The second-order valence-corrected chi connectivity index (χ2v) is 12.8. The molecule has 37 heavy (non-hydrogen) atoms. The molecule has 2 aromatic rings. The summed E-state index contributed by atoms with van der Waals surface area (Å²) in [5.74, 6) is -3.41. The average molecular weight is 577 g/mol. The third-order valence-electron chi connectivity index (χ3n) is 6.16. The van der Waals surface area contributed by atoms with Crippen molar-refractivity contribution in [2.45, 2.75) is 43.2 Å². The predicted octanol–water partition coefficient (Wildman–Crippen LogP) is 4.43. The average Bonchev–Trinajstić information content (AvgIpc) is 2.79. The largest absolute Gasteiger partial charge is 0.534 e. The van der Waals surface area contributed by atoms with Crippen molar-refractivity contribution < 1.29 is 48.4 Å². The van der Waals surface area contributed by atoms with E-state index in [-0.39, 0.29) is 59.1 Å². The monoisotopic (exact) mass is 576 g/mol. The van der Waals surface area contributed by atoms with Crippen LogP contribution in [0.2, 0.25) is 0 Å². The summed E-state index contributed by atoms with van der Waals surface area (Å²) >= 11 is 0. The van der Waals surface area contributed by atoms with Crippen LogP contribution in [-0.4, -0.2) is 76.7 Å². The van der Waals surface area contributed by atoms with Crippen molar-refractivity contribution in [2.24, 2.45) is 0 Å². The molecule has 2 fully saturated rings. The summed E-state index contributed by atoms with van der Waals surface area (Å²) in [6.07, 6.45) is -0.112. The summed E-state index contributed by atoms with van der Waals surface area (Å²) in [6.45, 7) is -0.158. The van der Waals surface area contributed by atoms with Gasteiger partial charge in [-0.05, 0) is 18.9 Å². The summed E-state index contributed by atoms with van der Waals surface area (Å²) < 4.78 is 119. The molecule has 1 aromatic heterocycles. The molecule has 0 amide bonds. The van der Waals surface area contributed by atoms with Gasteiger partial charge in [0.1, 0.15) is 5.82 Å². The number of nitrogens with one attached hydrogen (secondary N) is 1. The summed E-state index contributed by atoms with van der Waals surface area (Å²) in [6, 6.07) is 1.91. The van der Waals surface area contributed by atoms with E-state index in [1.165, 1.54) is 11.0 Å². The first-order valence-corrected chi connectivity index (χ1v) is 14.4. The fourth-order valence-electron chi connectivity index (χ4n) is 4.05. The number of aromatic nitrogens is 2. The Morgan fingerprint density at radius 3 is 2.30 bits per heavy atom.